The van der Waals surface area contributed by atoms with E-state index in [1.165, 1.54) is 0 Å². The van der Waals surface area contributed by atoms with E-state index in [4.69, 9.17) is 10.5 Å². The van der Waals surface area contributed by atoms with Crippen molar-refractivity contribution in [3.8, 4) is 5.75 Å². The quantitative estimate of drug-likeness (QED) is 0.762. The molecule has 0 aliphatic carbocycles. The molecule has 6 nitrogen and oxygen atoms in total. The minimum atomic E-state index is -0.300. The molecule has 1 aromatic heterocycles. The Morgan fingerprint density at radius 1 is 1.33 bits per heavy atom. The number of benzene rings is 1. The van der Waals surface area contributed by atoms with Gasteiger partial charge in [0.25, 0.3) is 0 Å². The molecule has 1 heterocycles. The number of carbonyl (C=O) groups is 1. The first-order chi connectivity index (χ1) is 11.4. The number of aromatic nitrogens is 2. The summed E-state index contributed by atoms with van der Waals surface area (Å²) in [5.74, 6) is 1.85. The van der Waals surface area contributed by atoms with Crippen LogP contribution in [0.4, 0.5) is 0 Å². The summed E-state index contributed by atoms with van der Waals surface area (Å²) in [5.41, 5.74) is 6.46. The van der Waals surface area contributed by atoms with Crippen molar-refractivity contribution >= 4 is 5.91 Å². The average Bonchev–Trinajstić information content (AvgIpc) is 2.90. The number of hydrogen-bond donors (Lipinski definition) is 1. The van der Waals surface area contributed by atoms with E-state index in [1.54, 1.807) is 6.20 Å². The lowest BCUT2D eigenvalue weighted by Crippen LogP contribution is -2.35. The van der Waals surface area contributed by atoms with Crippen LogP contribution in [0.1, 0.15) is 25.2 Å². The number of imidazole rings is 1. The first-order valence-corrected chi connectivity index (χ1v) is 8.12. The van der Waals surface area contributed by atoms with Gasteiger partial charge in [-0.25, -0.2) is 4.98 Å². The van der Waals surface area contributed by atoms with Gasteiger partial charge < -0.3 is 15.0 Å². The minimum Gasteiger partial charge on any atom is -0.486 e. The lowest BCUT2D eigenvalue weighted by Gasteiger charge is -2.22. The molecular weight excluding hydrogens is 304 g/mol. The first-order valence-electron chi connectivity index (χ1n) is 8.12. The summed E-state index contributed by atoms with van der Waals surface area (Å²) in [6, 6.07) is 7.91. The van der Waals surface area contributed by atoms with Crippen molar-refractivity contribution < 1.29 is 9.53 Å². The molecule has 0 spiro atoms. The maximum absolute atomic E-state index is 11.2. The molecule has 2 N–H and O–H groups in total. The lowest BCUT2D eigenvalue weighted by molar-refractivity contribution is -0.119. The number of rotatable bonds is 9. The summed E-state index contributed by atoms with van der Waals surface area (Å²) in [7, 11) is 1.94. The van der Waals surface area contributed by atoms with Crippen LogP contribution >= 0.6 is 0 Å². The summed E-state index contributed by atoms with van der Waals surface area (Å²) in [4.78, 5) is 17.5. The summed E-state index contributed by atoms with van der Waals surface area (Å²) >= 11 is 0. The largest absolute Gasteiger partial charge is 0.486 e. The Kier molecular flexibility index (Phi) is 6.37. The zero-order chi connectivity index (χ0) is 17.5. The third-order valence-electron chi connectivity index (χ3n) is 3.62. The number of ether oxygens (including phenoxy) is 1. The molecule has 2 rings (SSSR count). The van der Waals surface area contributed by atoms with Crippen molar-refractivity contribution in [3.63, 3.8) is 0 Å². The molecule has 0 aliphatic rings. The molecule has 0 saturated carbocycles. The standard InChI is InChI=1S/C18H26N4O2/c1-14(2)10-22(12-17(19)23)11-15-4-6-16(7-5-15)24-13-18-20-8-9-21(18)3/h4-9,14H,10-13H2,1-3H3,(H2,19,23). The average molecular weight is 330 g/mol. The Bertz CT molecular complexity index is 649. The highest BCUT2D eigenvalue weighted by molar-refractivity contribution is 5.75. The topological polar surface area (TPSA) is 73.4 Å². The van der Waals surface area contributed by atoms with Crippen LogP contribution in [0, 0.1) is 5.92 Å². The molecule has 0 bridgehead atoms. The van der Waals surface area contributed by atoms with Crippen LogP contribution in [0.2, 0.25) is 0 Å². The number of aryl methyl sites for hydroxylation is 1. The van der Waals surface area contributed by atoms with Gasteiger partial charge in [0.05, 0.1) is 6.54 Å². The maximum atomic E-state index is 11.2. The molecule has 24 heavy (non-hydrogen) atoms. The van der Waals surface area contributed by atoms with Crippen molar-refractivity contribution in [1.29, 1.82) is 0 Å². The maximum Gasteiger partial charge on any atom is 0.231 e. The predicted molar refractivity (Wildman–Crippen MR) is 93.3 cm³/mol. The van der Waals surface area contributed by atoms with Crippen LogP contribution < -0.4 is 10.5 Å². The van der Waals surface area contributed by atoms with E-state index in [-0.39, 0.29) is 12.5 Å². The van der Waals surface area contributed by atoms with Crippen LogP contribution in [-0.4, -0.2) is 33.4 Å². The van der Waals surface area contributed by atoms with Gasteiger partial charge >= 0.3 is 0 Å². The van der Waals surface area contributed by atoms with E-state index < -0.39 is 0 Å². The molecule has 0 fully saturated rings. The summed E-state index contributed by atoms with van der Waals surface area (Å²) in [6.07, 6.45) is 3.65. The van der Waals surface area contributed by atoms with Crippen molar-refractivity contribution in [1.82, 2.24) is 14.5 Å². The Morgan fingerprint density at radius 3 is 2.58 bits per heavy atom. The van der Waals surface area contributed by atoms with E-state index in [9.17, 15) is 4.79 Å². The highest BCUT2D eigenvalue weighted by Crippen LogP contribution is 2.15. The number of amides is 1. The van der Waals surface area contributed by atoms with Gasteiger partial charge in [0.2, 0.25) is 5.91 Å². The van der Waals surface area contributed by atoms with Crippen LogP contribution in [0.5, 0.6) is 5.75 Å². The Labute approximate surface area is 143 Å². The molecular formula is C18H26N4O2. The van der Waals surface area contributed by atoms with Crippen LogP contribution in [0.3, 0.4) is 0 Å². The van der Waals surface area contributed by atoms with Crippen molar-refractivity contribution in [2.24, 2.45) is 18.7 Å². The molecule has 1 aromatic carbocycles. The second-order valence-electron chi connectivity index (χ2n) is 6.42. The minimum absolute atomic E-state index is 0.273. The van der Waals surface area contributed by atoms with Gasteiger partial charge in [-0.2, -0.15) is 0 Å². The first kappa shape index (κ1) is 18.0. The van der Waals surface area contributed by atoms with Crippen molar-refractivity contribution in [2.45, 2.75) is 27.0 Å². The monoisotopic (exact) mass is 330 g/mol. The van der Waals surface area contributed by atoms with E-state index in [2.05, 4.69) is 23.7 Å². The van der Waals surface area contributed by atoms with Gasteiger partial charge in [-0.15, -0.1) is 0 Å². The summed E-state index contributed by atoms with van der Waals surface area (Å²) in [6.45, 7) is 6.49. The third kappa shape index (κ3) is 5.70. The zero-order valence-corrected chi connectivity index (χ0v) is 14.6. The fourth-order valence-corrected chi connectivity index (χ4v) is 2.55. The summed E-state index contributed by atoms with van der Waals surface area (Å²) in [5, 5.41) is 0. The summed E-state index contributed by atoms with van der Waals surface area (Å²) < 4.78 is 7.68. The second kappa shape index (κ2) is 8.49. The second-order valence-corrected chi connectivity index (χ2v) is 6.42. The molecule has 0 saturated heterocycles. The predicted octanol–water partition coefficient (Wildman–Crippen LogP) is 1.94. The molecule has 0 atom stereocenters. The van der Waals surface area contributed by atoms with Gasteiger partial charge in [0.1, 0.15) is 18.2 Å². The highest BCUT2D eigenvalue weighted by Gasteiger charge is 2.11. The Balaban J connectivity index is 1.92. The smallest absolute Gasteiger partial charge is 0.231 e. The van der Waals surface area contributed by atoms with E-state index in [0.717, 1.165) is 23.7 Å². The molecule has 6 heteroatoms. The van der Waals surface area contributed by atoms with E-state index in [0.29, 0.717) is 19.1 Å². The molecule has 0 unspecified atom stereocenters. The fraction of sp³-hybridized carbons (Fsp3) is 0.444. The molecule has 130 valence electrons. The molecule has 1 amide bonds. The number of nitrogens with zero attached hydrogens (tertiary/aromatic N) is 3. The van der Waals surface area contributed by atoms with E-state index >= 15 is 0 Å². The SMILES string of the molecule is CC(C)CN(CC(N)=O)Cc1ccc(OCc2nccn2C)cc1. The number of primary amides is 1. The van der Waals surface area contributed by atoms with Crippen molar-refractivity contribution in [2.75, 3.05) is 13.1 Å². The van der Waals surface area contributed by atoms with Gasteiger partial charge in [0, 0.05) is 32.5 Å². The van der Waals surface area contributed by atoms with E-state index in [1.807, 2.05) is 42.1 Å². The zero-order valence-electron chi connectivity index (χ0n) is 14.6. The van der Waals surface area contributed by atoms with Crippen LogP contribution in [0.15, 0.2) is 36.7 Å². The highest BCUT2D eigenvalue weighted by atomic mass is 16.5. The van der Waals surface area contributed by atoms with Crippen molar-refractivity contribution in [3.05, 3.63) is 48.0 Å². The Hall–Kier alpha value is -2.34. The van der Waals surface area contributed by atoms with Crippen LogP contribution in [-0.2, 0) is 25.0 Å². The van der Waals surface area contributed by atoms with Gasteiger partial charge in [-0.1, -0.05) is 26.0 Å². The van der Waals surface area contributed by atoms with Gasteiger partial charge in [-0.05, 0) is 23.6 Å². The Morgan fingerprint density at radius 2 is 2.04 bits per heavy atom. The molecule has 0 radical (unpaired) electrons. The fourth-order valence-electron chi connectivity index (χ4n) is 2.55. The lowest BCUT2D eigenvalue weighted by atomic mass is 10.1. The number of carbonyl (C=O) groups excluding carboxylic acids is 1. The molecule has 2 aromatic rings. The van der Waals surface area contributed by atoms with Gasteiger partial charge in [-0.3, -0.25) is 9.69 Å². The number of nitrogens with two attached hydrogens (primary N) is 1. The number of hydrogen-bond acceptors (Lipinski definition) is 4. The third-order valence-corrected chi connectivity index (χ3v) is 3.62. The van der Waals surface area contributed by atoms with Crippen LogP contribution in [0.25, 0.3) is 0 Å². The normalized spacial score (nSPS) is 11.2. The van der Waals surface area contributed by atoms with Gasteiger partial charge in [0.15, 0.2) is 0 Å². The molecule has 0 aliphatic heterocycles.